The van der Waals surface area contributed by atoms with Gasteiger partial charge in [-0.05, 0) is 30.4 Å². The van der Waals surface area contributed by atoms with Gasteiger partial charge in [0.25, 0.3) is 0 Å². The van der Waals surface area contributed by atoms with Crippen molar-refractivity contribution < 1.29 is 32.6 Å². The van der Waals surface area contributed by atoms with Crippen molar-refractivity contribution in [2.75, 3.05) is 19.5 Å². The zero-order valence-electron chi connectivity index (χ0n) is 25.6. The smallest absolute Gasteiger partial charge is 0.459 e. The minimum Gasteiger partial charge on any atom is -0.479 e. The summed E-state index contributed by atoms with van der Waals surface area (Å²) in [5.41, 5.74) is 7.66. The molecule has 0 amide bonds. The highest BCUT2D eigenvalue weighted by molar-refractivity contribution is 7.52. The van der Waals surface area contributed by atoms with Gasteiger partial charge >= 0.3 is 13.7 Å². The number of esters is 1. The lowest BCUT2D eigenvalue weighted by molar-refractivity contribution is -0.146. The first kappa shape index (κ1) is 31.4. The lowest BCUT2D eigenvalue weighted by atomic mass is 10.1. The molecule has 5 aromatic rings. The summed E-state index contributed by atoms with van der Waals surface area (Å²) in [6.45, 7) is 3.55. The maximum absolute atomic E-state index is 14.4. The second-order valence-electron chi connectivity index (χ2n) is 11.1. The molecule has 2 unspecified atom stereocenters. The minimum atomic E-state index is -4.16. The average Bonchev–Trinajstić information content (AvgIpc) is 3.65. The van der Waals surface area contributed by atoms with Gasteiger partial charge in [0.1, 0.15) is 24.6 Å². The standard InChI is InChI=1S/C32H35N6O7P/c1-20-16-24(44-30(20)38-19-34-27-28(38)35-32(33)36-29(27)41-3)18-43-46(40,45-26-15-9-13-23-12-7-8-14-25(23)26)37-21(2)31(39)42-17-22-10-5-4-6-11-22/h4-15,19-21,24,30H,16-18H2,1-3H3,(H,37,40)(H2,33,35,36)/t20-,21-,24-,30?,46?/m0/s1. The number of hydrogen-bond donors (Lipinski definition) is 2. The molecule has 3 aromatic carbocycles. The van der Waals surface area contributed by atoms with E-state index in [-0.39, 0.29) is 31.0 Å². The summed E-state index contributed by atoms with van der Waals surface area (Å²) < 4.78 is 45.4. The molecule has 0 saturated carbocycles. The molecule has 240 valence electrons. The first-order valence-corrected chi connectivity index (χ1v) is 16.4. The molecule has 1 aliphatic heterocycles. The molecule has 14 heteroatoms. The number of ether oxygens (including phenoxy) is 3. The number of aromatic nitrogens is 4. The number of nitrogen functional groups attached to an aromatic ring is 1. The number of fused-ring (bicyclic) bond motifs is 2. The van der Waals surface area contributed by atoms with Gasteiger partial charge in [-0.1, -0.05) is 73.7 Å². The van der Waals surface area contributed by atoms with Gasteiger partial charge in [-0.2, -0.15) is 15.1 Å². The lowest BCUT2D eigenvalue weighted by Gasteiger charge is -2.24. The van der Waals surface area contributed by atoms with E-state index in [1.165, 1.54) is 7.11 Å². The van der Waals surface area contributed by atoms with Crippen LogP contribution in [0.1, 0.15) is 32.1 Å². The van der Waals surface area contributed by atoms with Crippen LogP contribution in [0.15, 0.2) is 79.1 Å². The van der Waals surface area contributed by atoms with E-state index >= 15 is 0 Å². The Morgan fingerprint density at radius 2 is 1.87 bits per heavy atom. The van der Waals surface area contributed by atoms with Crippen LogP contribution in [0.25, 0.3) is 21.9 Å². The molecule has 1 aliphatic rings. The number of imidazole rings is 1. The number of nitrogens with one attached hydrogen (secondary N) is 1. The molecule has 6 rings (SSSR count). The molecule has 46 heavy (non-hydrogen) atoms. The van der Waals surface area contributed by atoms with Gasteiger partial charge in [-0.25, -0.2) is 9.55 Å². The number of benzene rings is 3. The third-order valence-corrected chi connectivity index (χ3v) is 9.28. The van der Waals surface area contributed by atoms with E-state index in [1.807, 2.05) is 67.6 Å². The Bertz CT molecular complexity index is 1880. The number of rotatable bonds is 12. The highest BCUT2D eigenvalue weighted by Gasteiger charge is 2.39. The zero-order valence-corrected chi connectivity index (χ0v) is 26.5. The Morgan fingerprint density at radius 3 is 2.67 bits per heavy atom. The number of anilines is 1. The van der Waals surface area contributed by atoms with Gasteiger partial charge in [0.05, 0.1) is 26.1 Å². The number of carbonyl (C=O) groups excluding carboxylic acids is 1. The second kappa shape index (κ2) is 13.4. The monoisotopic (exact) mass is 646 g/mol. The van der Waals surface area contributed by atoms with E-state index in [0.29, 0.717) is 23.3 Å². The van der Waals surface area contributed by atoms with Crippen molar-refractivity contribution in [1.82, 2.24) is 24.6 Å². The molecule has 2 aromatic heterocycles. The average molecular weight is 647 g/mol. The van der Waals surface area contributed by atoms with Crippen LogP contribution in [0.4, 0.5) is 5.95 Å². The van der Waals surface area contributed by atoms with Crippen LogP contribution in [-0.4, -0.2) is 51.4 Å². The summed E-state index contributed by atoms with van der Waals surface area (Å²) in [5.74, 6) is 0.0509. The van der Waals surface area contributed by atoms with E-state index in [9.17, 15) is 9.36 Å². The molecule has 1 fully saturated rings. The van der Waals surface area contributed by atoms with Gasteiger partial charge in [0.2, 0.25) is 11.8 Å². The van der Waals surface area contributed by atoms with Crippen LogP contribution in [0, 0.1) is 5.92 Å². The van der Waals surface area contributed by atoms with Gasteiger partial charge in [-0.15, -0.1) is 0 Å². The van der Waals surface area contributed by atoms with Crippen molar-refractivity contribution in [2.45, 2.75) is 45.2 Å². The normalized spacial score (nSPS) is 19.9. The fraction of sp³-hybridized carbons (Fsp3) is 0.312. The summed E-state index contributed by atoms with van der Waals surface area (Å²) >= 11 is 0. The highest BCUT2D eigenvalue weighted by Crippen LogP contribution is 2.48. The molecular formula is C32H35N6O7P. The summed E-state index contributed by atoms with van der Waals surface area (Å²) in [6, 6.07) is 21.3. The molecular weight excluding hydrogens is 611 g/mol. The molecule has 13 nitrogen and oxygen atoms in total. The van der Waals surface area contributed by atoms with Crippen LogP contribution in [0.2, 0.25) is 0 Å². The zero-order chi connectivity index (χ0) is 32.3. The molecule has 3 heterocycles. The van der Waals surface area contributed by atoms with E-state index < -0.39 is 32.1 Å². The van der Waals surface area contributed by atoms with Gasteiger partial charge in [-0.3, -0.25) is 13.9 Å². The van der Waals surface area contributed by atoms with Crippen molar-refractivity contribution in [3.63, 3.8) is 0 Å². The first-order chi connectivity index (χ1) is 22.2. The fourth-order valence-electron chi connectivity index (χ4n) is 5.42. The van der Waals surface area contributed by atoms with Crippen molar-refractivity contribution in [2.24, 2.45) is 5.92 Å². The van der Waals surface area contributed by atoms with Crippen LogP contribution >= 0.6 is 7.75 Å². The third-order valence-electron chi connectivity index (χ3n) is 7.66. The molecule has 0 aliphatic carbocycles. The van der Waals surface area contributed by atoms with E-state index in [2.05, 4.69) is 20.0 Å². The van der Waals surface area contributed by atoms with Gasteiger partial charge in [0, 0.05) is 11.3 Å². The first-order valence-electron chi connectivity index (χ1n) is 14.8. The third kappa shape index (κ3) is 6.82. The Labute approximate surface area is 265 Å². The molecule has 3 N–H and O–H groups in total. The number of carbonyl (C=O) groups is 1. The highest BCUT2D eigenvalue weighted by atomic mass is 31.2. The van der Waals surface area contributed by atoms with E-state index in [4.69, 9.17) is 29.0 Å². The fourth-order valence-corrected chi connectivity index (χ4v) is 6.96. The SMILES string of the molecule is COc1nc(N)nc2c1ncn2C1O[C@H](COP(=O)(N[C@@H](C)C(=O)OCc2ccccc2)Oc2cccc3ccccc23)C[C@@H]1C. The summed E-state index contributed by atoms with van der Waals surface area (Å²) in [7, 11) is -2.68. The molecule has 1 saturated heterocycles. The van der Waals surface area contributed by atoms with Gasteiger partial charge in [0.15, 0.2) is 11.2 Å². The molecule has 0 bridgehead atoms. The maximum atomic E-state index is 14.4. The lowest BCUT2D eigenvalue weighted by Crippen LogP contribution is -2.35. The molecule has 0 radical (unpaired) electrons. The maximum Gasteiger partial charge on any atom is 0.459 e. The van der Waals surface area contributed by atoms with Crippen LogP contribution in [0.3, 0.4) is 0 Å². The Hall–Kier alpha value is -4.55. The number of methoxy groups -OCH3 is 1. The summed E-state index contributed by atoms with van der Waals surface area (Å²) in [6.07, 6.45) is 1.25. The predicted molar refractivity (Wildman–Crippen MR) is 171 cm³/mol. The van der Waals surface area contributed by atoms with Crippen LogP contribution in [-0.2, 0) is 30.0 Å². The van der Waals surface area contributed by atoms with Crippen molar-refractivity contribution in [1.29, 1.82) is 0 Å². The van der Waals surface area contributed by atoms with Crippen molar-refractivity contribution in [3.05, 3.63) is 84.7 Å². The van der Waals surface area contributed by atoms with Gasteiger partial charge < -0.3 is 24.5 Å². The number of hydrogen-bond acceptors (Lipinski definition) is 11. The number of nitrogens with two attached hydrogens (primary N) is 1. The predicted octanol–water partition coefficient (Wildman–Crippen LogP) is 5.42. The Kier molecular flexibility index (Phi) is 9.18. The summed E-state index contributed by atoms with van der Waals surface area (Å²) in [4.78, 5) is 25.8. The van der Waals surface area contributed by atoms with E-state index in [0.717, 1.165) is 16.3 Å². The van der Waals surface area contributed by atoms with E-state index in [1.54, 1.807) is 30.0 Å². The molecule has 0 spiro atoms. The Balaban J connectivity index is 1.19. The molecule has 5 atom stereocenters. The quantitative estimate of drug-likeness (QED) is 0.131. The van der Waals surface area contributed by atoms with Crippen LogP contribution < -0.4 is 20.1 Å². The second-order valence-corrected chi connectivity index (χ2v) is 12.8. The number of nitrogens with zero attached hydrogens (tertiary/aromatic N) is 4. The topological polar surface area (TPSA) is 162 Å². The van der Waals surface area contributed by atoms with Crippen LogP contribution in [0.5, 0.6) is 11.6 Å². The minimum absolute atomic E-state index is 0.00593. The van der Waals surface area contributed by atoms with Crippen molar-refractivity contribution >= 4 is 41.6 Å². The Morgan fingerprint density at radius 1 is 1.11 bits per heavy atom. The van der Waals surface area contributed by atoms with Crippen molar-refractivity contribution in [3.8, 4) is 11.6 Å². The summed E-state index contributed by atoms with van der Waals surface area (Å²) in [5, 5.41) is 4.42. The largest absolute Gasteiger partial charge is 0.479 e.